The van der Waals surface area contributed by atoms with Crippen molar-refractivity contribution >= 4 is 29.2 Å². The van der Waals surface area contributed by atoms with Gasteiger partial charge in [-0.1, -0.05) is 11.6 Å². The minimum atomic E-state index is -0.387. The van der Waals surface area contributed by atoms with Crippen LogP contribution in [0.4, 0.5) is 5.69 Å². The summed E-state index contributed by atoms with van der Waals surface area (Å²) in [6, 6.07) is 4.65. The summed E-state index contributed by atoms with van der Waals surface area (Å²) in [6.07, 6.45) is 0. The molecule has 0 atom stereocenters. The first-order valence-corrected chi connectivity index (χ1v) is 5.35. The van der Waals surface area contributed by atoms with E-state index in [0.29, 0.717) is 16.3 Å². The number of carbonyl (C=O) groups excluding carboxylic acids is 2. The van der Waals surface area contributed by atoms with E-state index in [4.69, 9.17) is 17.3 Å². The number of amides is 1. The highest BCUT2D eigenvalue weighted by atomic mass is 35.5. The highest BCUT2D eigenvalue weighted by Gasteiger charge is 2.09. The zero-order valence-corrected chi connectivity index (χ0v) is 10.1. The van der Waals surface area contributed by atoms with Gasteiger partial charge in [-0.2, -0.15) is 0 Å². The molecule has 1 aromatic rings. The molecule has 0 bridgehead atoms. The monoisotopic (exact) mass is 256 g/mol. The van der Waals surface area contributed by atoms with Crippen LogP contribution >= 0.6 is 11.6 Å². The molecule has 5 nitrogen and oxygen atoms in total. The smallest absolute Gasteiger partial charge is 0.302 e. The molecule has 1 amide bonds. The van der Waals surface area contributed by atoms with E-state index in [1.165, 1.54) is 13.0 Å². The fourth-order valence-corrected chi connectivity index (χ4v) is 1.35. The van der Waals surface area contributed by atoms with Gasteiger partial charge in [0.2, 0.25) is 0 Å². The SMILES string of the molecule is CC(=O)OCCNC(=O)c1cc(Cl)ccc1N. The molecule has 0 spiro atoms. The quantitative estimate of drug-likeness (QED) is 0.482. The van der Waals surface area contributed by atoms with Crippen LogP contribution in [0.5, 0.6) is 0 Å². The van der Waals surface area contributed by atoms with Crippen LogP contribution in [-0.2, 0) is 9.53 Å². The third-order valence-corrected chi connectivity index (χ3v) is 2.19. The minimum Gasteiger partial charge on any atom is -0.464 e. The fraction of sp³-hybridized carbons (Fsp3) is 0.273. The van der Waals surface area contributed by atoms with Crippen LogP contribution in [0, 0.1) is 0 Å². The number of rotatable bonds is 4. The zero-order chi connectivity index (χ0) is 12.8. The molecule has 0 aromatic heterocycles. The van der Waals surface area contributed by atoms with Gasteiger partial charge in [0.25, 0.3) is 5.91 Å². The number of nitrogen functional groups attached to an aromatic ring is 1. The molecule has 6 heteroatoms. The second-order valence-corrected chi connectivity index (χ2v) is 3.76. The zero-order valence-electron chi connectivity index (χ0n) is 9.33. The molecule has 3 N–H and O–H groups in total. The Morgan fingerprint density at radius 2 is 2.18 bits per heavy atom. The predicted octanol–water partition coefficient (Wildman–Crippen LogP) is 1.22. The molecule has 0 saturated carbocycles. The molecule has 0 fully saturated rings. The van der Waals surface area contributed by atoms with Gasteiger partial charge in [-0.3, -0.25) is 9.59 Å². The highest BCUT2D eigenvalue weighted by molar-refractivity contribution is 6.31. The average molecular weight is 257 g/mol. The van der Waals surface area contributed by atoms with E-state index in [1.54, 1.807) is 12.1 Å². The first kappa shape index (κ1) is 13.3. The van der Waals surface area contributed by atoms with Crippen molar-refractivity contribution in [2.24, 2.45) is 0 Å². The third-order valence-electron chi connectivity index (χ3n) is 1.95. The van der Waals surface area contributed by atoms with E-state index in [0.717, 1.165) is 0 Å². The molecule has 0 aliphatic heterocycles. The normalized spacial score (nSPS) is 9.76. The number of nitrogens with one attached hydrogen (secondary N) is 1. The Balaban J connectivity index is 2.52. The van der Waals surface area contributed by atoms with E-state index in [2.05, 4.69) is 10.1 Å². The van der Waals surface area contributed by atoms with Gasteiger partial charge in [0.1, 0.15) is 6.61 Å². The molecule has 0 unspecified atom stereocenters. The summed E-state index contributed by atoms with van der Waals surface area (Å²) in [5.41, 5.74) is 6.29. The van der Waals surface area contributed by atoms with E-state index in [-0.39, 0.29) is 25.0 Å². The predicted molar refractivity (Wildman–Crippen MR) is 64.8 cm³/mol. The average Bonchev–Trinajstić information content (AvgIpc) is 2.27. The Morgan fingerprint density at radius 1 is 1.47 bits per heavy atom. The topological polar surface area (TPSA) is 81.4 Å². The summed E-state index contributed by atoms with van der Waals surface area (Å²) in [6.45, 7) is 1.66. The number of anilines is 1. The lowest BCUT2D eigenvalue weighted by Crippen LogP contribution is -2.28. The Bertz CT molecular complexity index is 435. The second-order valence-electron chi connectivity index (χ2n) is 3.33. The molecule has 0 heterocycles. The highest BCUT2D eigenvalue weighted by Crippen LogP contribution is 2.17. The number of benzene rings is 1. The van der Waals surface area contributed by atoms with E-state index < -0.39 is 0 Å². The van der Waals surface area contributed by atoms with Crippen molar-refractivity contribution in [3.8, 4) is 0 Å². The summed E-state index contributed by atoms with van der Waals surface area (Å²) >= 11 is 5.76. The number of hydrogen-bond acceptors (Lipinski definition) is 4. The second kappa shape index (κ2) is 6.10. The van der Waals surface area contributed by atoms with Crippen molar-refractivity contribution in [2.45, 2.75) is 6.92 Å². The van der Waals surface area contributed by atoms with Crippen molar-refractivity contribution in [1.82, 2.24) is 5.32 Å². The fourth-order valence-electron chi connectivity index (χ4n) is 1.18. The van der Waals surface area contributed by atoms with Crippen LogP contribution < -0.4 is 11.1 Å². The molecule has 17 heavy (non-hydrogen) atoms. The molecule has 92 valence electrons. The summed E-state index contributed by atoms with van der Waals surface area (Å²) in [4.78, 5) is 22.2. The molecule has 1 aromatic carbocycles. The summed E-state index contributed by atoms with van der Waals surface area (Å²) < 4.78 is 4.67. The van der Waals surface area contributed by atoms with Gasteiger partial charge >= 0.3 is 5.97 Å². The molecule has 1 rings (SSSR count). The van der Waals surface area contributed by atoms with Gasteiger partial charge in [0.05, 0.1) is 12.1 Å². The summed E-state index contributed by atoms with van der Waals surface area (Å²) in [5.74, 6) is -0.737. The number of halogens is 1. The molecular formula is C11H13ClN2O3. The van der Waals surface area contributed by atoms with Crippen molar-refractivity contribution in [3.63, 3.8) is 0 Å². The van der Waals surface area contributed by atoms with Crippen molar-refractivity contribution in [3.05, 3.63) is 28.8 Å². The molecule has 0 radical (unpaired) electrons. The van der Waals surface area contributed by atoms with Crippen molar-refractivity contribution in [1.29, 1.82) is 0 Å². The Labute approximate surface area is 104 Å². The van der Waals surface area contributed by atoms with Gasteiger partial charge in [-0.05, 0) is 18.2 Å². The van der Waals surface area contributed by atoms with Crippen LogP contribution in [0.3, 0.4) is 0 Å². The van der Waals surface area contributed by atoms with Crippen LogP contribution in [0.25, 0.3) is 0 Å². The van der Waals surface area contributed by atoms with E-state index in [1.807, 2.05) is 0 Å². The largest absolute Gasteiger partial charge is 0.464 e. The maximum absolute atomic E-state index is 11.7. The first-order chi connectivity index (χ1) is 8.00. The minimum absolute atomic E-state index is 0.127. The summed E-state index contributed by atoms with van der Waals surface area (Å²) in [5, 5.41) is 3.00. The van der Waals surface area contributed by atoms with Crippen LogP contribution in [0.15, 0.2) is 18.2 Å². The Hall–Kier alpha value is -1.75. The third kappa shape index (κ3) is 4.32. The maximum Gasteiger partial charge on any atom is 0.302 e. The Kier molecular flexibility index (Phi) is 4.78. The first-order valence-electron chi connectivity index (χ1n) is 4.97. The Morgan fingerprint density at radius 3 is 2.82 bits per heavy atom. The number of hydrogen-bond donors (Lipinski definition) is 2. The van der Waals surface area contributed by atoms with Gasteiger partial charge < -0.3 is 15.8 Å². The van der Waals surface area contributed by atoms with Crippen LogP contribution in [0.2, 0.25) is 5.02 Å². The van der Waals surface area contributed by atoms with Gasteiger partial charge in [-0.15, -0.1) is 0 Å². The number of nitrogens with two attached hydrogens (primary N) is 1. The van der Waals surface area contributed by atoms with Crippen molar-refractivity contribution in [2.75, 3.05) is 18.9 Å². The van der Waals surface area contributed by atoms with Gasteiger partial charge in [0.15, 0.2) is 0 Å². The standard InChI is InChI=1S/C11H13ClN2O3/c1-7(15)17-5-4-14-11(16)9-6-8(12)2-3-10(9)13/h2-3,6H,4-5,13H2,1H3,(H,14,16). The maximum atomic E-state index is 11.7. The van der Waals surface area contributed by atoms with Gasteiger partial charge in [0, 0.05) is 17.6 Å². The van der Waals surface area contributed by atoms with Crippen LogP contribution in [0.1, 0.15) is 17.3 Å². The summed E-state index contributed by atoms with van der Waals surface area (Å²) in [7, 11) is 0. The number of carbonyl (C=O) groups is 2. The lowest BCUT2D eigenvalue weighted by atomic mass is 10.1. The van der Waals surface area contributed by atoms with Gasteiger partial charge in [-0.25, -0.2) is 0 Å². The van der Waals surface area contributed by atoms with Crippen LogP contribution in [-0.4, -0.2) is 25.0 Å². The lowest BCUT2D eigenvalue weighted by molar-refractivity contribution is -0.140. The number of esters is 1. The van der Waals surface area contributed by atoms with E-state index in [9.17, 15) is 9.59 Å². The van der Waals surface area contributed by atoms with E-state index >= 15 is 0 Å². The van der Waals surface area contributed by atoms with Crippen molar-refractivity contribution < 1.29 is 14.3 Å². The molecular weight excluding hydrogens is 244 g/mol. The molecule has 0 saturated heterocycles. The number of ether oxygens (including phenoxy) is 1. The molecule has 0 aliphatic rings. The molecule has 0 aliphatic carbocycles. The lowest BCUT2D eigenvalue weighted by Gasteiger charge is -2.07.